The summed E-state index contributed by atoms with van der Waals surface area (Å²) >= 11 is 0. The van der Waals surface area contributed by atoms with Crippen molar-refractivity contribution in [2.45, 2.75) is 60.1 Å². The molecule has 15 heteroatoms. The molecular weight excluding hydrogens is 667 g/mol. The second-order valence-corrected chi connectivity index (χ2v) is 14.1. The van der Waals surface area contributed by atoms with E-state index in [1.807, 2.05) is 36.2 Å². The van der Waals surface area contributed by atoms with Gasteiger partial charge in [0, 0.05) is 49.3 Å². The average molecular weight is 698 g/mol. The Morgan fingerprint density at radius 1 is 0.958 bits per heavy atom. The highest BCUT2D eigenvalue weighted by Gasteiger charge is 2.71. The Balaban J connectivity index is 1.36. The number of carbonyl (C=O) groups excluding carboxylic acids is 1. The van der Waals surface area contributed by atoms with Crippen LogP contribution in [0.2, 0.25) is 0 Å². The number of rotatable bonds is 5. The van der Waals surface area contributed by atoms with E-state index in [9.17, 15) is 49.1 Å². The predicted molar refractivity (Wildman–Crippen MR) is 162 cm³/mol. The fraction of sp³-hybridized carbons (Fsp3) is 0.364. The number of aryl methyl sites for hydroxylation is 1. The third-order valence-electron chi connectivity index (χ3n) is 9.65. The third kappa shape index (κ3) is 5.31. The largest absolute Gasteiger partial charge is 0.430 e. The average Bonchev–Trinajstić information content (AvgIpc) is 3.48. The van der Waals surface area contributed by atoms with Crippen LogP contribution in [-0.4, -0.2) is 73.8 Å². The van der Waals surface area contributed by atoms with Crippen LogP contribution in [0.1, 0.15) is 41.0 Å². The molecule has 256 valence electrons. The first kappa shape index (κ1) is 33.8. The molecule has 3 aromatic carbocycles. The number of alkyl halides is 6. The number of hydrogen-bond acceptors (Lipinski definition) is 5. The van der Waals surface area contributed by atoms with Crippen LogP contribution in [0.4, 0.5) is 36.4 Å². The molecule has 3 heterocycles. The Morgan fingerprint density at radius 2 is 1.60 bits per heavy atom. The molecule has 48 heavy (non-hydrogen) atoms. The second-order valence-electron chi connectivity index (χ2n) is 12.3. The van der Waals surface area contributed by atoms with Gasteiger partial charge in [-0.1, -0.05) is 43.0 Å². The van der Waals surface area contributed by atoms with Gasteiger partial charge in [-0.15, -0.1) is 0 Å². The Bertz CT molecular complexity index is 1860. The zero-order valence-corrected chi connectivity index (χ0v) is 26.2. The molecule has 0 bridgehead atoms. The van der Waals surface area contributed by atoms with Crippen LogP contribution in [0.15, 0.2) is 78.2 Å². The Kier molecular flexibility index (Phi) is 8.09. The minimum absolute atomic E-state index is 0.0498. The van der Waals surface area contributed by atoms with Gasteiger partial charge in [-0.3, -0.25) is 9.10 Å². The summed E-state index contributed by atoms with van der Waals surface area (Å²) in [6.45, 7) is 4.84. The minimum atomic E-state index is -6.14. The summed E-state index contributed by atoms with van der Waals surface area (Å²) < 4.78 is 125. The number of halogens is 7. The van der Waals surface area contributed by atoms with E-state index in [4.69, 9.17) is 0 Å². The van der Waals surface area contributed by atoms with Crippen molar-refractivity contribution in [3.8, 4) is 0 Å². The molecule has 1 N–H and O–H groups in total. The van der Waals surface area contributed by atoms with Gasteiger partial charge in [0.15, 0.2) is 0 Å². The number of benzene rings is 3. The van der Waals surface area contributed by atoms with Crippen molar-refractivity contribution in [2.24, 2.45) is 0 Å². The number of likely N-dealkylation sites (N-methyl/N-ethyl adjacent to an activating group) is 1. The SMILES string of the molecule is C=C1c2ccccc2C2CN(C(=O)C[C@@H]3CCc4cc(C(O)(C(F)(F)F)C(F)(F)F)ccc4N3S(=O)(=O)c3ccc(F)cc3)CC2N1C. The molecule has 7 nitrogen and oxygen atoms in total. The van der Waals surface area contributed by atoms with Crippen LogP contribution in [0, 0.1) is 5.82 Å². The second kappa shape index (κ2) is 11.5. The summed E-state index contributed by atoms with van der Waals surface area (Å²) in [5.74, 6) is -1.19. The maximum absolute atomic E-state index is 14.0. The van der Waals surface area contributed by atoms with Crippen molar-refractivity contribution in [3.63, 3.8) is 0 Å². The standard InChI is InChI=1S/C33H30F7N3O4S/c1-19-25-5-3-4-6-26(25)27-17-42(18-29(27)41(19)2)30(44)16-23-11-7-20-15-21(31(45,32(35,36)37)33(38,39)40)8-14-28(20)43(23)48(46,47)24-12-9-22(34)10-13-24/h3-6,8-10,12-15,23,27,29,45H,1,7,11,16-18H2,2H3/t23-,27?,29?/m0/s1. The highest BCUT2D eigenvalue weighted by Crippen LogP contribution is 2.51. The molecule has 3 aromatic rings. The molecule has 1 fully saturated rings. The van der Waals surface area contributed by atoms with Gasteiger partial charge in [0.2, 0.25) is 5.91 Å². The molecule has 0 radical (unpaired) electrons. The topological polar surface area (TPSA) is 81.2 Å². The summed E-state index contributed by atoms with van der Waals surface area (Å²) in [7, 11) is -2.74. The predicted octanol–water partition coefficient (Wildman–Crippen LogP) is 5.95. The Morgan fingerprint density at radius 3 is 2.25 bits per heavy atom. The number of hydrogen-bond donors (Lipinski definition) is 1. The van der Waals surface area contributed by atoms with E-state index in [1.165, 1.54) is 0 Å². The maximum Gasteiger partial charge on any atom is 0.430 e. The zero-order chi connectivity index (χ0) is 35.0. The van der Waals surface area contributed by atoms with E-state index >= 15 is 0 Å². The lowest BCUT2D eigenvalue weighted by Gasteiger charge is -2.39. The number of aliphatic hydroxyl groups is 1. The lowest BCUT2D eigenvalue weighted by molar-refractivity contribution is -0.376. The molecule has 0 spiro atoms. The fourth-order valence-corrected chi connectivity index (χ4v) is 8.79. The highest BCUT2D eigenvalue weighted by molar-refractivity contribution is 7.92. The number of anilines is 1. The number of amides is 1. The third-order valence-corrected chi connectivity index (χ3v) is 11.5. The van der Waals surface area contributed by atoms with Gasteiger partial charge >= 0.3 is 12.4 Å². The van der Waals surface area contributed by atoms with Crippen molar-refractivity contribution in [1.82, 2.24) is 9.80 Å². The Hall–Kier alpha value is -4.11. The number of nitrogens with zero attached hydrogens (tertiary/aromatic N) is 3. The van der Waals surface area contributed by atoms with E-state index in [2.05, 4.69) is 6.58 Å². The van der Waals surface area contributed by atoms with Crippen LogP contribution >= 0.6 is 0 Å². The molecule has 6 rings (SSSR count). The van der Waals surface area contributed by atoms with Crippen molar-refractivity contribution >= 4 is 27.3 Å². The molecule has 0 aromatic heterocycles. The van der Waals surface area contributed by atoms with Crippen molar-refractivity contribution in [1.29, 1.82) is 0 Å². The highest BCUT2D eigenvalue weighted by atomic mass is 32.2. The summed E-state index contributed by atoms with van der Waals surface area (Å²) in [6.07, 6.45) is -13.0. The molecule has 3 aliphatic rings. The molecule has 2 unspecified atom stereocenters. The lowest BCUT2D eigenvalue weighted by atomic mass is 9.84. The van der Waals surface area contributed by atoms with Crippen LogP contribution in [0.3, 0.4) is 0 Å². The van der Waals surface area contributed by atoms with Crippen molar-refractivity contribution in [2.75, 3.05) is 24.4 Å². The van der Waals surface area contributed by atoms with Crippen molar-refractivity contribution in [3.05, 3.63) is 101 Å². The van der Waals surface area contributed by atoms with E-state index in [0.717, 1.165) is 51.5 Å². The number of likely N-dealkylation sites (tertiary alicyclic amines) is 1. The van der Waals surface area contributed by atoms with E-state index in [1.54, 1.807) is 4.90 Å². The van der Waals surface area contributed by atoms with Gasteiger partial charge in [-0.2, -0.15) is 26.3 Å². The maximum atomic E-state index is 14.0. The summed E-state index contributed by atoms with van der Waals surface area (Å²) in [5.41, 5.74) is -4.42. The van der Waals surface area contributed by atoms with Gasteiger partial charge in [0.25, 0.3) is 15.6 Å². The smallest absolute Gasteiger partial charge is 0.369 e. The monoisotopic (exact) mass is 697 g/mol. The van der Waals surface area contributed by atoms with Crippen LogP contribution in [-0.2, 0) is 26.8 Å². The lowest BCUT2D eigenvalue weighted by Crippen LogP contribution is -2.54. The molecular formula is C33H30F7N3O4S. The van der Waals surface area contributed by atoms with Gasteiger partial charge in [-0.05, 0) is 54.3 Å². The molecule has 0 aliphatic carbocycles. The summed E-state index contributed by atoms with van der Waals surface area (Å²) in [5, 5.41) is 9.99. The first-order valence-electron chi connectivity index (χ1n) is 14.9. The molecule has 1 amide bonds. The van der Waals surface area contributed by atoms with E-state index < -0.39 is 56.2 Å². The zero-order valence-electron chi connectivity index (χ0n) is 25.4. The molecule has 3 aliphatic heterocycles. The van der Waals surface area contributed by atoms with E-state index in [0.29, 0.717) is 25.2 Å². The minimum Gasteiger partial charge on any atom is -0.369 e. The quantitative estimate of drug-likeness (QED) is 0.334. The van der Waals surface area contributed by atoms with Crippen LogP contribution in [0.5, 0.6) is 0 Å². The van der Waals surface area contributed by atoms with Gasteiger partial charge < -0.3 is 14.9 Å². The number of carbonyl (C=O) groups is 1. The first-order valence-corrected chi connectivity index (χ1v) is 16.4. The van der Waals surface area contributed by atoms with Gasteiger partial charge in [0.1, 0.15) is 5.82 Å². The number of sulfonamides is 1. The van der Waals surface area contributed by atoms with E-state index in [-0.39, 0.29) is 42.5 Å². The van der Waals surface area contributed by atoms with Gasteiger partial charge in [0.05, 0.1) is 22.7 Å². The Labute approximate surface area is 271 Å². The first-order chi connectivity index (χ1) is 22.4. The van der Waals surface area contributed by atoms with Crippen LogP contribution in [0.25, 0.3) is 5.70 Å². The molecule has 0 saturated carbocycles. The fourth-order valence-electron chi connectivity index (χ4n) is 7.07. The summed E-state index contributed by atoms with van der Waals surface area (Å²) in [6, 6.07) is 11.9. The normalized spacial score (nSPS) is 21.6. The van der Waals surface area contributed by atoms with Crippen LogP contribution < -0.4 is 4.31 Å². The molecule has 3 atom stereocenters. The number of fused-ring (bicyclic) bond motifs is 4. The van der Waals surface area contributed by atoms with Crippen molar-refractivity contribution < 1.29 is 49.1 Å². The van der Waals surface area contributed by atoms with Gasteiger partial charge in [-0.25, -0.2) is 12.8 Å². The summed E-state index contributed by atoms with van der Waals surface area (Å²) in [4.78, 5) is 17.1. The molecule has 1 saturated heterocycles.